The Hall–Kier alpha value is -4.68. The summed E-state index contributed by atoms with van der Waals surface area (Å²) in [5.74, 6) is -3.06. The van der Waals surface area contributed by atoms with Crippen molar-refractivity contribution in [2.24, 2.45) is 22.7 Å². The fraction of sp³-hybridized carbons (Fsp3) is 0.619. The fourth-order valence-corrected chi connectivity index (χ4v) is 9.12. The lowest BCUT2D eigenvalue weighted by atomic mass is 9.67. The maximum atomic E-state index is 14.9. The molecule has 4 N–H and O–H groups in total. The van der Waals surface area contributed by atoms with E-state index >= 15 is 0 Å². The van der Waals surface area contributed by atoms with Crippen LogP contribution in [0.2, 0.25) is 0 Å². The van der Waals surface area contributed by atoms with Crippen molar-refractivity contribution in [1.29, 1.82) is 0 Å². The van der Waals surface area contributed by atoms with Crippen molar-refractivity contribution in [3.8, 4) is 0 Å². The molecule has 55 heavy (non-hydrogen) atoms. The zero-order valence-electron chi connectivity index (χ0n) is 32.3. The SMILES string of the molecule is CC(C)(C)[C@H](NC(=O)[C@@H](NC(=O)c1cnccn1)C1CCCCC1)C(=O)N1CC2(Cc3ccccc3C2)C1C(=O)NC(CC1CCC1)C(=O)C(=O)NC1CC1. The van der Waals surface area contributed by atoms with E-state index in [1.54, 1.807) is 4.90 Å². The number of carbonyl (C=O) groups is 6. The van der Waals surface area contributed by atoms with Crippen molar-refractivity contribution in [2.75, 3.05) is 6.54 Å². The van der Waals surface area contributed by atoms with Gasteiger partial charge >= 0.3 is 0 Å². The largest absolute Gasteiger partial charge is 0.347 e. The molecule has 1 aromatic carbocycles. The molecule has 2 heterocycles. The van der Waals surface area contributed by atoms with E-state index in [0.717, 1.165) is 75.3 Å². The molecule has 2 unspecified atom stereocenters. The van der Waals surface area contributed by atoms with E-state index in [1.807, 2.05) is 45.0 Å². The normalized spacial score (nSPS) is 22.2. The Bertz CT molecular complexity index is 1770. The van der Waals surface area contributed by atoms with Crippen LogP contribution in [0.15, 0.2) is 42.9 Å². The van der Waals surface area contributed by atoms with Crippen LogP contribution in [0.1, 0.15) is 113 Å². The van der Waals surface area contributed by atoms with E-state index in [1.165, 1.54) is 18.6 Å². The number of hydrogen-bond acceptors (Lipinski definition) is 8. The fourth-order valence-electron chi connectivity index (χ4n) is 9.12. The molecule has 3 saturated carbocycles. The average Bonchev–Trinajstić information content (AvgIpc) is 3.87. The van der Waals surface area contributed by atoms with Gasteiger partial charge in [-0.2, -0.15) is 0 Å². The maximum absolute atomic E-state index is 14.9. The van der Waals surface area contributed by atoms with Crippen LogP contribution < -0.4 is 21.3 Å². The van der Waals surface area contributed by atoms with Gasteiger partial charge in [0, 0.05) is 30.4 Å². The van der Waals surface area contributed by atoms with Gasteiger partial charge in [-0.25, -0.2) is 4.98 Å². The van der Waals surface area contributed by atoms with Gasteiger partial charge < -0.3 is 26.2 Å². The Morgan fingerprint density at radius 1 is 0.855 bits per heavy atom. The van der Waals surface area contributed by atoms with Gasteiger partial charge in [0.25, 0.3) is 11.8 Å². The molecular formula is C42H55N7O6. The van der Waals surface area contributed by atoms with E-state index in [-0.39, 0.29) is 23.6 Å². The number of carbonyl (C=O) groups excluding carboxylic acids is 6. The lowest BCUT2D eigenvalue weighted by molar-refractivity contribution is -0.169. The van der Waals surface area contributed by atoms with Crippen LogP contribution in [-0.2, 0) is 36.8 Å². The van der Waals surface area contributed by atoms with Gasteiger partial charge in [0.2, 0.25) is 23.5 Å². The van der Waals surface area contributed by atoms with E-state index in [0.29, 0.717) is 25.8 Å². The van der Waals surface area contributed by atoms with E-state index in [4.69, 9.17) is 0 Å². The quantitative estimate of drug-likeness (QED) is 0.225. The standard InChI is InChI=1S/C42H55N7O6/c1-41(2,3)34(48-37(52)32(26-12-5-4-6-13-26)47-36(51)31-23-43-18-19-44-31)40(55)49-24-42(21-27-14-7-8-15-28(27)22-42)35(49)39(54)46-30(20-25-10-9-11-25)33(50)38(53)45-29-16-17-29/h7-8,14-15,18-19,23,25-26,29-30,32,34-35H,4-6,9-13,16-17,20-22,24H2,1-3H3,(H,45,53)(H,46,54)(H,47,51)(H,48,52)/t30?,32-,34+,35?/m0/s1. The number of ketones is 1. The number of aromatic nitrogens is 2. The third-order valence-electron chi connectivity index (χ3n) is 12.6. The lowest BCUT2D eigenvalue weighted by Crippen LogP contribution is -2.75. The predicted octanol–water partition coefficient (Wildman–Crippen LogP) is 3.20. The Balaban J connectivity index is 1.14. The van der Waals surface area contributed by atoms with Crippen LogP contribution in [0.25, 0.3) is 0 Å². The highest BCUT2D eigenvalue weighted by molar-refractivity contribution is 6.38. The topological polar surface area (TPSA) is 180 Å². The molecule has 5 amide bonds. The van der Waals surface area contributed by atoms with Crippen molar-refractivity contribution >= 4 is 35.3 Å². The molecule has 1 spiro atoms. The molecule has 294 valence electrons. The van der Waals surface area contributed by atoms with Gasteiger partial charge in [-0.1, -0.05) is 83.6 Å². The highest BCUT2D eigenvalue weighted by Crippen LogP contribution is 2.49. The van der Waals surface area contributed by atoms with Crippen LogP contribution in [0.4, 0.5) is 0 Å². The molecule has 1 aromatic heterocycles. The van der Waals surface area contributed by atoms with E-state index in [9.17, 15) is 28.8 Å². The summed E-state index contributed by atoms with van der Waals surface area (Å²) in [5, 5.41) is 11.7. The van der Waals surface area contributed by atoms with Crippen LogP contribution >= 0.6 is 0 Å². The first-order valence-corrected chi connectivity index (χ1v) is 20.2. The zero-order chi connectivity index (χ0) is 38.9. The van der Waals surface area contributed by atoms with E-state index < -0.39 is 70.3 Å². The molecule has 13 heteroatoms. The van der Waals surface area contributed by atoms with Gasteiger partial charge in [0.05, 0.1) is 12.2 Å². The Labute approximate surface area is 323 Å². The van der Waals surface area contributed by atoms with Crippen molar-refractivity contribution in [3.63, 3.8) is 0 Å². The minimum Gasteiger partial charge on any atom is -0.347 e. The first-order chi connectivity index (χ1) is 26.3. The molecular weight excluding hydrogens is 699 g/mol. The second-order valence-corrected chi connectivity index (χ2v) is 17.8. The minimum absolute atomic E-state index is 0.000835. The predicted molar refractivity (Wildman–Crippen MR) is 203 cm³/mol. The number of hydrogen-bond donors (Lipinski definition) is 4. The maximum Gasteiger partial charge on any atom is 0.289 e. The molecule has 7 rings (SSSR count). The first kappa shape index (κ1) is 38.6. The summed E-state index contributed by atoms with van der Waals surface area (Å²) in [6, 6.07) is 4.17. The summed E-state index contributed by atoms with van der Waals surface area (Å²) in [4.78, 5) is 93.4. The molecule has 1 aliphatic heterocycles. The molecule has 0 bridgehead atoms. The summed E-state index contributed by atoms with van der Waals surface area (Å²) < 4.78 is 0. The molecule has 2 aromatic rings. The average molecular weight is 754 g/mol. The molecule has 0 radical (unpaired) electrons. The van der Waals surface area contributed by atoms with Crippen LogP contribution in [0, 0.1) is 22.7 Å². The number of likely N-dealkylation sites (tertiary alicyclic amines) is 1. The van der Waals surface area contributed by atoms with Crippen LogP contribution in [-0.4, -0.2) is 86.9 Å². The minimum atomic E-state index is -1.03. The van der Waals surface area contributed by atoms with Gasteiger partial charge in [-0.05, 0) is 73.3 Å². The molecule has 1 saturated heterocycles. The first-order valence-electron chi connectivity index (χ1n) is 20.2. The van der Waals surface area contributed by atoms with Crippen molar-refractivity contribution < 1.29 is 28.8 Å². The highest BCUT2D eigenvalue weighted by atomic mass is 16.2. The molecule has 13 nitrogen and oxygen atoms in total. The number of fused-ring (bicyclic) bond motifs is 1. The van der Waals surface area contributed by atoms with Crippen LogP contribution in [0.3, 0.4) is 0 Å². The highest BCUT2D eigenvalue weighted by Gasteiger charge is 2.61. The van der Waals surface area contributed by atoms with Crippen molar-refractivity contribution in [1.82, 2.24) is 36.1 Å². The van der Waals surface area contributed by atoms with Crippen molar-refractivity contribution in [3.05, 3.63) is 59.7 Å². The van der Waals surface area contributed by atoms with Gasteiger partial charge in [-0.15, -0.1) is 0 Å². The molecule has 5 aliphatic rings. The summed E-state index contributed by atoms with van der Waals surface area (Å²) >= 11 is 0. The second kappa shape index (κ2) is 15.8. The number of rotatable bonds is 13. The number of nitrogens with one attached hydrogen (secondary N) is 4. The summed E-state index contributed by atoms with van der Waals surface area (Å²) in [6.45, 7) is 5.89. The van der Waals surface area contributed by atoms with Gasteiger partial charge in [-0.3, -0.25) is 33.8 Å². The number of benzene rings is 1. The third kappa shape index (κ3) is 8.45. The zero-order valence-corrected chi connectivity index (χ0v) is 32.3. The Kier molecular flexibility index (Phi) is 11.1. The number of Topliss-reactive ketones (excluding diaryl/α,β-unsaturated/α-hetero) is 1. The number of nitrogens with zero attached hydrogens (tertiary/aromatic N) is 3. The van der Waals surface area contributed by atoms with Gasteiger partial charge in [0.1, 0.15) is 23.8 Å². The summed E-state index contributed by atoms with van der Waals surface area (Å²) in [5.41, 5.74) is 0.952. The van der Waals surface area contributed by atoms with E-state index in [2.05, 4.69) is 31.2 Å². The van der Waals surface area contributed by atoms with Crippen molar-refractivity contribution in [2.45, 2.75) is 134 Å². The van der Waals surface area contributed by atoms with Crippen LogP contribution in [0.5, 0.6) is 0 Å². The number of amides is 5. The monoisotopic (exact) mass is 753 g/mol. The molecule has 4 atom stereocenters. The second-order valence-electron chi connectivity index (χ2n) is 17.8. The third-order valence-corrected chi connectivity index (χ3v) is 12.6. The lowest BCUT2D eigenvalue weighted by Gasteiger charge is -2.56. The molecule has 4 aliphatic carbocycles. The van der Waals surface area contributed by atoms with Gasteiger partial charge in [0.15, 0.2) is 0 Å². The Morgan fingerprint density at radius 3 is 2.13 bits per heavy atom. The molecule has 4 fully saturated rings. The Morgan fingerprint density at radius 2 is 1.55 bits per heavy atom. The smallest absolute Gasteiger partial charge is 0.289 e. The summed E-state index contributed by atoms with van der Waals surface area (Å²) in [6.07, 6.45) is 14.8. The summed E-state index contributed by atoms with van der Waals surface area (Å²) in [7, 11) is 0.